The van der Waals surface area contributed by atoms with E-state index in [-0.39, 0.29) is 24.2 Å². The number of hydrogen-bond donors (Lipinski definition) is 3. The largest absolute Gasteiger partial charge is 0.382 e. The lowest BCUT2D eigenvalue weighted by Crippen LogP contribution is -2.36. The number of amides is 2. The lowest BCUT2D eigenvalue weighted by atomic mass is 10.4. The van der Waals surface area contributed by atoms with E-state index < -0.39 is 0 Å². The molecule has 0 unspecified atom stereocenters. The van der Waals surface area contributed by atoms with Crippen molar-refractivity contribution in [2.75, 3.05) is 36.8 Å². The number of nitrogen functional groups attached to an aromatic ring is 1. The van der Waals surface area contributed by atoms with Gasteiger partial charge in [-0.15, -0.1) is 0 Å². The van der Waals surface area contributed by atoms with Gasteiger partial charge in [-0.3, -0.25) is 9.59 Å². The van der Waals surface area contributed by atoms with Crippen molar-refractivity contribution in [3.05, 3.63) is 4.88 Å². The molecule has 112 valence electrons. The molecule has 8 heteroatoms. The zero-order valence-corrected chi connectivity index (χ0v) is 12.8. The highest BCUT2D eigenvalue weighted by molar-refractivity contribution is 7.18. The number of anilines is 2. The maximum Gasteiger partial charge on any atom is 0.265 e. The van der Waals surface area contributed by atoms with E-state index in [1.54, 1.807) is 0 Å². The highest BCUT2D eigenvalue weighted by Gasteiger charge is 2.18. The summed E-state index contributed by atoms with van der Waals surface area (Å²) < 4.78 is 0. The van der Waals surface area contributed by atoms with Crippen molar-refractivity contribution in [2.45, 2.75) is 20.8 Å². The lowest BCUT2D eigenvalue weighted by Gasteiger charge is -2.16. The smallest absolute Gasteiger partial charge is 0.265 e. The number of nitrogens with one attached hydrogen (secondary N) is 2. The molecule has 1 aromatic heterocycles. The molecular weight excluding hydrogens is 278 g/mol. The molecule has 20 heavy (non-hydrogen) atoms. The van der Waals surface area contributed by atoms with E-state index >= 15 is 0 Å². The summed E-state index contributed by atoms with van der Waals surface area (Å²) >= 11 is 1.24. The van der Waals surface area contributed by atoms with Gasteiger partial charge in [0, 0.05) is 19.6 Å². The minimum atomic E-state index is -0.371. The Balaban J connectivity index is 2.71. The van der Waals surface area contributed by atoms with Crippen LogP contribution >= 0.6 is 11.3 Å². The van der Waals surface area contributed by atoms with Gasteiger partial charge in [0.15, 0.2) is 5.13 Å². The Hall–Kier alpha value is -1.83. The number of carbonyl (C=O) groups is 2. The highest BCUT2D eigenvalue weighted by Crippen LogP contribution is 2.27. The molecule has 0 fully saturated rings. The molecule has 0 aliphatic heterocycles. The third-order valence-electron chi connectivity index (χ3n) is 2.67. The molecule has 0 saturated carbocycles. The first-order valence-electron chi connectivity index (χ1n) is 6.59. The van der Waals surface area contributed by atoms with Crippen molar-refractivity contribution >= 4 is 34.1 Å². The van der Waals surface area contributed by atoms with Gasteiger partial charge in [-0.25, -0.2) is 4.98 Å². The van der Waals surface area contributed by atoms with E-state index in [4.69, 9.17) is 5.73 Å². The van der Waals surface area contributed by atoms with E-state index in [0.29, 0.717) is 11.4 Å². The van der Waals surface area contributed by atoms with Crippen LogP contribution in [-0.2, 0) is 4.79 Å². The minimum Gasteiger partial charge on any atom is -0.382 e. The number of aromatic nitrogens is 1. The van der Waals surface area contributed by atoms with Gasteiger partial charge in [0.05, 0.1) is 6.54 Å². The summed E-state index contributed by atoms with van der Waals surface area (Å²) in [6.07, 6.45) is 0. The Morgan fingerprint density at radius 1 is 1.25 bits per heavy atom. The fourth-order valence-corrected chi connectivity index (χ4v) is 2.64. The molecule has 4 N–H and O–H groups in total. The van der Waals surface area contributed by atoms with Gasteiger partial charge in [-0.2, -0.15) is 0 Å². The Labute approximate surface area is 122 Å². The highest BCUT2D eigenvalue weighted by atomic mass is 32.1. The number of rotatable bonds is 7. The summed E-state index contributed by atoms with van der Waals surface area (Å²) in [5.41, 5.74) is 5.77. The van der Waals surface area contributed by atoms with Crippen molar-refractivity contribution in [1.29, 1.82) is 0 Å². The van der Waals surface area contributed by atoms with Crippen LogP contribution in [0.2, 0.25) is 0 Å². The molecule has 7 nitrogen and oxygen atoms in total. The molecule has 0 atom stereocenters. The molecule has 0 aliphatic rings. The van der Waals surface area contributed by atoms with Crippen molar-refractivity contribution in [3.63, 3.8) is 0 Å². The average Bonchev–Trinajstić information content (AvgIpc) is 2.80. The van der Waals surface area contributed by atoms with Gasteiger partial charge >= 0.3 is 0 Å². The molecule has 0 bridgehead atoms. The number of nitrogens with two attached hydrogens (primary N) is 1. The van der Waals surface area contributed by atoms with Crippen molar-refractivity contribution < 1.29 is 9.59 Å². The normalized spacial score (nSPS) is 10.2. The van der Waals surface area contributed by atoms with Gasteiger partial charge in [0.2, 0.25) is 5.91 Å². The Kier molecular flexibility index (Phi) is 6.23. The second-order valence-electron chi connectivity index (χ2n) is 4.02. The van der Waals surface area contributed by atoms with E-state index in [0.717, 1.165) is 18.2 Å². The molecule has 1 aromatic rings. The summed E-state index contributed by atoms with van der Waals surface area (Å²) in [6.45, 7) is 7.89. The molecule has 1 heterocycles. The number of thiazole rings is 1. The molecule has 0 radical (unpaired) electrons. The minimum absolute atomic E-state index is 0.0649. The van der Waals surface area contributed by atoms with Crippen LogP contribution in [-0.4, -0.2) is 43.0 Å². The average molecular weight is 299 g/mol. The molecule has 0 aliphatic carbocycles. The number of carbonyl (C=O) groups excluding carboxylic acids is 2. The van der Waals surface area contributed by atoms with Gasteiger partial charge in [0.1, 0.15) is 10.7 Å². The Morgan fingerprint density at radius 2 is 1.90 bits per heavy atom. The third-order valence-corrected chi connectivity index (χ3v) is 3.80. The SMILES string of the molecule is CCNC(=O)CNC(=O)c1sc(N(CC)CC)nc1N. The summed E-state index contributed by atoms with van der Waals surface area (Å²) in [7, 11) is 0. The summed E-state index contributed by atoms with van der Waals surface area (Å²) in [5, 5.41) is 5.86. The molecule has 0 saturated heterocycles. The van der Waals surface area contributed by atoms with Crippen molar-refractivity contribution in [3.8, 4) is 0 Å². The van der Waals surface area contributed by atoms with E-state index in [9.17, 15) is 9.59 Å². The summed E-state index contributed by atoms with van der Waals surface area (Å²) in [4.78, 5) is 29.8. The maximum absolute atomic E-state index is 12.0. The quantitative estimate of drug-likeness (QED) is 0.678. The first-order valence-corrected chi connectivity index (χ1v) is 7.41. The first kappa shape index (κ1) is 16.2. The zero-order valence-electron chi connectivity index (χ0n) is 12.0. The van der Waals surface area contributed by atoms with Gasteiger partial charge in [-0.1, -0.05) is 11.3 Å². The maximum atomic E-state index is 12.0. The van der Waals surface area contributed by atoms with Gasteiger partial charge in [0.25, 0.3) is 5.91 Å². The molecule has 1 rings (SSSR count). The van der Waals surface area contributed by atoms with Crippen LogP contribution < -0.4 is 21.3 Å². The van der Waals surface area contributed by atoms with Crippen molar-refractivity contribution in [2.24, 2.45) is 0 Å². The van der Waals surface area contributed by atoms with Crippen LogP contribution in [0.3, 0.4) is 0 Å². The van der Waals surface area contributed by atoms with Crippen molar-refractivity contribution in [1.82, 2.24) is 15.6 Å². The second kappa shape index (κ2) is 7.68. The standard InChI is InChI=1S/C12H21N5O2S/c1-4-14-8(18)7-15-11(19)9-10(13)16-12(20-9)17(5-2)6-3/h4-7,13H2,1-3H3,(H,14,18)(H,15,19). The van der Waals surface area contributed by atoms with Crippen LogP contribution in [0.4, 0.5) is 10.9 Å². The van der Waals surface area contributed by atoms with Gasteiger partial charge < -0.3 is 21.3 Å². The van der Waals surface area contributed by atoms with Gasteiger partial charge in [-0.05, 0) is 20.8 Å². The van der Waals surface area contributed by atoms with E-state index in [1.165, 1.54) is 11.3 Å². The van der Waals surface area contributed by atoms with E-state index in [2.05, 4.69) is 15.6 Å². The fourth-order valence-electron chi connectivity index (χ4n) is 1.61. The van der Waals surface area contributed by atoms with Crippen LogP contribution in [0.15, 0.2) is 0 Å². The molecule has 0 aromatic carbocycles. The summed E-state index contributed by atoms with van der Waals surface area (Å²) in [6, 6.07) is 0. The second-order valence-corrected chi connectivity index (χ2v) is 5.00. The third kappa shape index (κ3) is 4.09. The van der Waals surface area contributed by atoms with Crippen LogP contribution in [0.5, 0.6) is 0 Å². The predicted octanol–water partition coefficient (Wildman–Crippen LogP) is 0.437. The zero-order chi connectivity index (χ0) is 15.1. The number of nitrogens with zero attached hydrogens (tertiary/aromatic N) is 2. The number of hydrogen-bond acceptors (Lipinski definition) is 6. The molecular formula is C12H21N5O2S. The van der Waals surface area contributed by atoms with Crippen LogP contribution in [0, 0.1) is 0 Å². The van der Waals surface area contributed by atoms with Crippen LogP contribution in [0.25, 0.3) is 0 Å². The monoisotopic (exact) mass is 299 g/mol. The van der Waals surface area contributed by atoms with E-state index in [1.807, 2.05) is 25.7 Å². The first-order chi connectivity index (χ1) is 9.53. The Bertz CT molecular complexity index is 470. The number of likely N-dealkylation sites (N-methyl/N-ethyl adjacent to an activating group) is 1. The lowest BCUT2D eigenvalue weighted by molar-refractivity contribution is -0.120. The van der Waals surface area contributed by atoms with Crippen LogP contribution in [0.1, 0.15) is 30.4 Å². The fraction of sp³-hybridized carbons (Fsp3) is 0.583. The molecule has 2 amide bonds. The predicted molar refractivity (Wildman–Crippen MR) is 81.1 cm³/mol. The Morgan fingerprint density at radius 3 is 2.45 bits per heavy atom. The topological polar surface area (TPSA) is 100 Å². The molecule has 0 spiro atoms. The summed E-state index contributed by atoms with van der Waals surface area (Å²) in [5.74, 6) is -0.400.